The van der Waals surface area contributed by atoms with Gasteiger partial charge in [0.1, 0.15) is 17.3 Å². The van der Waals surface area contributed by atoms with Crippen LogP contribution in [0.2, 0.25) is 10.0 Å². The first-order valence-electron chi connectivity index (χ1n) is 11.0. The SMILES string of the molecule is O=C(COc1ccc(Cl)c(F)c1)NC12CCC(NC(=O)COc3cccc(Cl)c3)(CC1)[C@@H](O)C2. The van der Waals surface area contributed by atoms with Crippen LogP contribution in [0.15, 0.2) is 42.5 Å². The summed E-state index contributed by atoms with van der Waals surface area (Å²) in [5.41, 5.74) is -1.33. The number of rotatable bonds is 8. The molecule has 34 heavy (non-hydrogen) atoms. The van der Waals surface area contributed by atoms with E-state index in [4.69, 9.17) is 32.7 Å². The summed E-state index contributed by atoms with van der Waals surface area (Å²) in [6.07, 6.45) is 1.71. The molecule has 0 spiro atoms. The molecule has 0 saturated heterocycles. The molecule has 7 nitrogen and oxygen atoms in total. The molecule has 2 aromatic carbocycles. The first-order chi connectivity index (χ1) is 16.2. The van der Waals surface area contributed by atoms with Gasteiger partial charge in [0.05, 0.1) is 16.7 Å². The second-order valence-corrected chi connectivity index (χ2v) is 9.71. The van der Waals surface area contributed by atoms with Crippen molar-refractivity contribution in [3.05, 3.63) is 58.3 Å². The van der Waals surface area contributed by atoms with Crippen molar-refractivity contribution in [1.82, 2.24) is 10.6 Å². The van der Waals surface area contributed by atoms with Gasteiger partial charge in [-0.15, -0.1) is 0 Å². The van der Waals surface area contributed by atoms with Crippen LogP contribution in [0.3, 0.4) is 0 Å². The van der Waals surface area contributed by atoms with Gasteiger partial charge in [-0.3, -0.25) is 9.59 Å². The van der Waals surface area contributed by atoms with E-state index in [0.717, 1.165) is 6.07 Å². The standard InChI is InChI=1S/C24H25Cl2FN2O5/c25-15-2-1-3-16(10-15)33-14-22(32)29-24-8-6-23(7-9-24,12-20(24)30)28-21(31)13-34-17-4-5-18(26)19(27)11-17/h1-5,10-11,20,30H,6-9,12-14H2,(H,28,31)(H,29,32)/t20-,23?,24?/m0/s1. The van der Waals surface area contributed by atoms with E-state index in [1.165, 1.54) is 12.1 Å². The zero-order valence-electron chi connectivity index (χ0n) is 18.3. The first kappa shape index (κ1) is 24.6. The van der Waals surface area contributed by atoms with Crippen molar-refractivity contribution in [2.45, 2.75) is 49.3 Å². The molecule has 2 bridgehead atoms. The lowest BCUT2D eigenvalue weighted by Gasteiger charge is -2.56. The molecular weight excluding hydrogens is 486 g/mol. The highest BCUT2D eigenvalue weighted by molar-refractivity contribution is 6.31. The van der Waals surface area contributed by atoms with Gasteiger partial charge in [-0.2, -0.15) is 0 Å². The Hall–Kier alpha value is -2.55. The van der Waals surface area contributed by atoms with Crippen LogP contribution >= 0.6 is 23.2 Å². The van der Waals surface area contributed by atoms with E-state index in [0.29, 0.717) is 42.9 Å². The van der Waals surface area contributed by atoms with Crippen molar-refractivity contribution < 1.29 is 28.6 Å². The van der Waals surface area contributed by atoms with E-state index >= 15 is 0 Å². The van der Waals surface area contributed by atoms with Crippen LogP contribution in [-0.2, 0) is 9.59 Å². The molecular formula is C24H25Cl2FN2O5. The number of fused-ring (bicyclic) bond motifs is 3. The second kappa shape index (κ2) is 9.98. The van der Waals surface area contributed by atoms with Gasteiger partial charge in [0, 0.05) is 16.6 Å². The summed E-state index contributed by atoms with van der Waals surface area (Å²) in [6, 6.07) is 10.7. The summed E-state index contributed by atoms with van der Waals surface area (Å²) >= 11 is 11.6. The first-order valence-corrected chi connectivity index (χ1v) is 11.7. The maximum atomic E-state index is 13.5. The smallest absolute Gasteiger partial charge is 0.258 e. The molecule has 182 valence electrons. The van der Waals surface area contributed by atoms with Crippen molar-refractivity contribution in [2.75, 3.05) is 13.2 Å². The number of nitrogens with one attached hydrogen (secondary N) is 2. The molecule has 0 aliphatic heterocycles. The zero-order valence-corrected chi connectivity index (χ0v) is 19.8. The highest BCUT2D eigenvalue weighted by Gasteiger charge is 2.55. The normalized spacial score (nSPS) is 25.5. The summed E-state index contributed by atoms with van der Waals surface area (Å²) < 4.78 is 24.4. The molecule has 3 aliphatic carbocycles. The summed E-state index contributed by atoms with van der Waals surface area (Å²) in [5.74, 6) is -0.643. The number of hydrogen-bond donors (Lipinski definition) is 3. The molecule has 0 heterocycles. The Bertz CT molecular complexity index is 1080. The summed E-state index contributed by atoms with van der Waals surface area (Å²) in [6.45, 7) is -0.485. The molecule has 0 aromatic heterocycles. The van der Waals surface area contributed by atoms with E-state index < -0.39 is 23.0 Å². The Balaban J connectivity index is 1.28. The van der Waals surface area contributed by atoms with Crippen molar-refractivity contribution in [2.24, 2.45) is 0 Å². The number of carbonyl (C=O) groups excluding carboxylic acids is 2. The number of ether oxygens (including phenoxy) is 2. The number of aliphatic hydroxyl groups excluding tert-OH is 1. The van der Waals surface area contributed by atoms with Gasteiger partial charge in [-0.25, -0.2) is 4.39 Å². The lowest BCUT2D eigenvalue weighted by atomic mass is 9.60. The van der Waals surface area contributed by atoms with Crippen LogP contribution < -0.4 is 20.1 Å². The Morgan fingerprint density at radius 1 is 0.971 bits per heavy atom. The second-order valence-electron chi connectivity index (χ2n) is 8.86. The molecule has 10 heteroatoms. The third-order valence-electron chi connectivity index (χ3n) is 6.54. The van der Waals surface area contributed by atoms with Gasteiger partial charge >= 0.3 is 0 Å². The highest BCUT2D eigenvalue weighted by Crippen LogP contribution is 2.47. The summed E-state index contributed by atoms with van der Waals surface area (Å²) in [7, 11) is 0. The minimum Gasteiger partial charge on any atom is -0.484 e. The topological polar surface area (TPSA) is 96.9 Å². The third-order valence-corrected chi connectivity index (χ3v) is 7.08. The van der Waals surface area contributed by atoms with Gasteiger partial charge < -0.3 is 25.2 Å². The molecule has 2 aromatic rings. The maximum absolute atomic E-state index is 13.5. The van der Waals surface area contributed by atoms with E-state index in [9.17, 15) is 19.1 Å². The quantitative estimate of drug-likeness (QED) is 0.503. The average molecular weight is 511 g/mol. The molecule has 3 fully saturated rings. The average Bonchev–Trinajstić information content (AvgIpc) is 2.80. The third kappa shape index (κ3) is 5.56. The number of hydrogen-bond acceptors (Lipinski definition) is 5. The predicted molar refractivity (Wildman–Crippen MR) is 125 cm³/mol. The van der Waals surface area contributed by atoms with Crippen molar-refractivity contribution in [1.29, 1.82) is 0 Å². The van der Waals surface area contributed by atoms with Gasteiger partial charge in [0.25, 0.3) is 11.8 Å². The van der Waals surface area contributed by atoms with Crippen LogP contribution in [0.5, 0.6) is 11.5 Å². The summed E-state index contributed by atoms with van der Waals surface area (Å²) in [4.78, 5) is 25.0. The number of halogens is 3. The van der Waals surface area contributed by atoms with Gasteiger partial charge in [-0.05, 0) is 62.4 Å². The fourth-order valence-corrected chi connectivity index (χ4v) is 5.03. The fourth-order valence-electron chi connectivity index (χ4n) is 4.73. The molecule has 0 radical (unpaired) electrons. The number of benzene rings is 2. The van der Waals surface area contributed by atoms with Gasteiger partial charge in [-0.1, -0.05) is 29.3 Å². The highest BCUT2D eigenvalue weighted by atomic mass is 35.5. The number of carbonyl (C=O) groups is 2. The minimum atomic E-state index is -0.823. The van der Waals surface area contributed by atoms with E-state index in [-0.39, 0.29) is 35.8 Å². The molecule has 5 rings (SSSR count). The monoisotopic (exact) mass is 510 g/mol. The maximum Gasteiger partial charge on any atom is 0.258 e. The molecule has 0 unspecified atom stereocenters. The van der Waals surface area contributed by atoms with Crippen molar-refractivity contribution >= 4 is 35.0 Å². The Morgan fingerprint density at radius 2 is 1.62 bits per heavy atom. The van der Waals surface area contributed by atoms with Crippen LogP contribution in [0.4, 0.5) is 4.39 Å². The Morgan fingerprint density at radius 3 is 2.24 bits per heavy atom. The Kier molecular flexibility index (Phi) is 7.21. The predicted octanol–water partition coefficient (Wildman–Crippen LogP) is 3.64. The molecule has 3 aliphatic rings. The summed E-state index contributed by atoms with van der Waals surface area (Å²) in [5, 5.41) is 17.3. The zero-order chi connectivity index (χ0) is 24.3. The molecule has 2 amide bonds. The molecule has 3 N–H and O–H groups in total. The van der Waals surface area contributed by atoms with Crippen LogP contribution in [0.25, 0.3) is 0 Å². The van der Waals surface area contributed by atoms with Crippen LogP contribution in [0.1, 0.15) is 32.1 Å². The van der Waals surface area contributed by atoms with E-state index in [1.54, 1.807) is 24.3 Å². The largest absolute Gasteiger partial charge is 0.484 e. The minimum absolute atomic E-state index is 0.0271. The van der Waals surface area contributed by atoms with E-state index in [1.807, 2.05) is 0 Å². The van der Waals surface area contributed by atoms with Crippen molar-refractivity contribution in [3.63, 3.8) is 0 Å². The fraction of sp³-hybridized carbons (Fsp3) is 0.417. The number of amides is 2. The number of aliphatic hydroxyl groups is 1. The van der Waals surface area contributed by atoms with Gasteiger partial charge in [0.2, 0.25) is 0 Å². The van der Waals surface area contributed by atoms with Crippen LogP contribution in [0, 0.1) is 5.82 Å². The molecule has 1 atom stereocenters. The van der Waals surface area contributed by atoms with Crippen molar-refractivity contribution in [3.8, 4) is 11.5 Å². The van der Waals surface area contributed by atoms with Crippen LogP contribution in [-0.4, -0.2) is 47.3 Å². The Labute approximate surface area is 206 Å². The lowest BCUT2D eigenvalue weighted by molar-refractivity contribution is -0.137. The van der Waals surface area contributed by atoms with E-state index in [2.05, 4.69) is 10.6 Å². The lowest BCUT2D eigenvalue weighted by Crippen LogP contribution is -2.70. The molecule has 3 saturated carbocycles. The van der Waals surface area contributed by atoms with Gasteiger partial charge in [0.15, 0.2) is 13.2 Å².